The highest BCUT2D eigenvalue weighted by molar-refractivity contribution is 5.08. The van der Waals surface area contributed by atoms with E-state index >= 15 is 0 Å². The highest BCUT2D eigenvalue weighted by atomic mass is 14.2. The third-order valence-corrected chi connectivity index (χ3v) is 5.07. The Bertz CT molecular complexity index is 429. The lowest BCUT2D eigenvalue weighted by Gasteiger charge is -2.20. The van der Waals surface area contributed by atoms with E-state index < -0.39 is 0 Å². The fourth-order valence-corrected chi connectivity index (χ4v) is 3.05. The van der Waals surface area contributed by atoms with Crippen molar-refractivity contribution in [3.63, 3.8) is 0 Å². The van der Waals surface area contributed by atoms with E-state index in [1.165, 1.54) is 55.2 Å². The highest BCUT2D eigenvalue weighted by Gasteiger charge is 2.13. The van der Waals surface area contributed by atoms with Gasteiger partial charge in [0.2, 0.25) is 0 Å². The summed E-state index contributed by atoms with van der Waals surface area (Å²) in [6, 6.07) is 0. The van der Waals surface area contributed by atoms with Crippen LogP contribution in [0.2, 0.25) is 0 Å². The number of hydrogen-bond acceptors (Lipinski definition) is 0. The van der Waals surface area contributed by atoms with Crippen LogP contribution in [-0.2, 0) is 0 Å². The summed E-state index contributed by atoms with van der Waals surface area (Å²) in [5.74, 6) is 2.03. The molecule has 25 heavy (non-hydrogen) atoms. The van der Waals surface area contributed by atoms with Crippen molar-refractivity contribution in [2.45, 2.75) is 92.9 Å². The Kier molecular flexibility index (Phi) is 13.6. The first-order chi connectivity index (χ1) is 11.8. The number of allylic oxidation sites excluding steroid dienone is 6. The molecule has 0 aliphatic heterocycles. The molecule has 144 valence electrons. The molecule has 0 unspecified atom stereocenters. The van der Waals surface area contributed by atoms with Gasteiger partial charge >= 0.3 is 0 Å². The average Bonchev–Trinajstić information content (AvgIpc) is 2.53. The second-order valence-electron chi connectivity index (χ2n) is 8.54. The molecule has 0 aromatic heterocycles. The minimum atomic E-state index is 0.605. The molecule has 0 aromatic carbocycles. The monoisotopic (exact) mass is 344 g/mol. The lowest BCUT2D eigenvalue weighted by atomic mass is 9.85. The van der Waals surface area contributed by atoms with E-state index in [1.54, 1.807) is 0 Å². The second-order valence-corrected chi connectivity index (χ2v) is 8.54. The summed E-state index contributed by atoms with van der Waals surface area (Å²) >= 11 is 0. The summed E-state index contributed by atoms with van der Waals surface area (Å²) in [6.07, 6.45) is 16.6. The van der Waals surface area contributed by atoms with Gasteiger partial charge in [-0.05, 0) is 83.5 Å². The van der Waals surface area contributed by atoms with Crippen LogP contribution in [0.3, 0.4) is 0 Å². The van der Waals surface area contributed by atoms with Gasteiger partial charge in [0.1, 0.15) is 0 Å². The molecule has 0 N–H and O–H groups in total. The molecular formula is C25H44. The first kappa shape index (κ1) is 24.0. The maximum atomic E-state index is 4.45. The molecule has 0 rings (SSSR count). The summed E-state index contributed by atoms with van der Waals surface area (Å²) < 4.78 is 0. The first-order valence-corrected chi connectivity index (χ1v) is 10.3. The van der Waals surface area contributed by atoms with Gasteiger partial charge in [-0.25, -0.2) is 0 Å². The van der Waals surface area contributed by atoms with Crippen molar-refractivity contribution in [3.05, 3.63) is 48.1 Å². The van der Waals surface area contributed by atoms with E-state index in [0.29, 0.717) is 11.8 Å². The van der Waals surface area contributed by atoms with Crippen LogP contribution in [0.25, 0.3) is 0 Å². The summed E-state index contributed by atoms with van der Waals surface area (Å²) in [5, 5.41) is 0. The van der Waals surface area contributed by atoms with Crippen LogP contribution in [0.5, 0.6) is 0 Å². The predicted octanol–water partition coefficient (Wildman–Crippen LogP) is 8.67. The molecule has 0 fully saturated rings. The molecule has 0 heteroatoms. The largest absolute Gasteiger partial charge is 0.103 e. The minimum absolute atomic E-state index is 0.605. The molecule has 0 radical (unpaired) electrons. The third kappa shape index (κ3) is 13.9. The molecule has 0 aliphatic rings. The molecule has 0 bridgehead atoms. The number of hydrogen-bond donors (Lipinski definition) is 0. The van der Waals surface area contributed by atoms with Gasteiger partial charge in [-0.15, -0.1) is 6.58 Å². The second kappa shape index (κ2) is 14.2. The van der Waals surface area contributed by atoms with Crippen molar-refractivity contribution in [1.29, 1.82) is 0 Å². The maximum Gasteiger partial charge on any atom is -0.0171 e. The summed E-state index contributed by atoms with van der Waals surface area (Å²) in [7, 11) is 0. The topological polar surface area (TPSA) is 0 Å². The normalized spacial score (nSPS) is 14.3. The van der Waals surface area contributed by atoms with Crippen molar-refractivity contribution in [1.82, 2.24) is 0 Å². The lowest BCUT2D eigenvalue weighted by molar-refractivity contribution is 0.469. The van der Waals surface area contributed by atoms with E-state index in [-0.39, 0.29) is 0 Å². The molecule has 0 nitrogen and oxygen atoms in total. The van der Waals surface area contributed by atoms with Crippen molar-refractivity contribution in [3.8, 4) is 0 Å². The Morgan fingerprint density at radius 1 is 0.920 bits per heavy atom. The zero-order valence-corrected chi connectivity index (χ0v) is 18.0. The van der Waals surface area contributed by atoms with Gasteiger partial charge in [0.15, 0.2) is 0 Å². The number of rotatable bonds is 14. The van der Waals surface area contributed by atoms with E-state index in [0.717, 1.165) is 18.8 Å². The Labute approximate surface area is 159 Å². The Morgan fingerprint density at radius 3 is 2.16 bits per heavy atom. The van der Waals surface area contributed by atoms with Crippen molar-refractivity contribution in [2.75, 3.05) is 0 Å². The average molecular weight is 345 g/mol. The Morgan fingerprint density at radius 2 is 1.60 bits per heavy atom. The van der Waals surface area contributed by atoms with Gasteiger partial charge < -0.3 is 0 Å². The summed E-state index contributed by atoms with van der Waals surface area (Å²) in [6.45, 7) is 21.9. The molecule has 0 aromatic rings. The Balaban J connectivity index is 4.62. The van der Waals surface area contributed by atoms with Crippen LogP contribution in [-0.4, -0.2) is 0 Å². The first-order valence-electron chi connectivity index (χ1n) is 10.3. The fraction of sp³-hybridized carbons (Fsp3) is 0.680. The summed E-state index contributed by atoms with van der Waals surface area (Å²) in [5.41, 5.74) is 4.40. The predicted molar refractivity (Wildman–Crippen MR) is 117 cm³/mol. The highest BCUT2D eigenvalue weighted by Crippen LogP contribution is 2.28. The fourth-order valence-electron chi connectivity index (χ4n) is 3.05. The van der Waals surface area contributed by atoms with Crippen LogP contribution in [0.1, 0.15) is 92.9 Å². The molecule has 0 saturated heterocycles. The molecule has 2 atom stereocenters. The molecule has 0 heterocycles. The van der Waals surface area contributed by atoms with Crippen LogP contribution in [0, 0.1) is 17.8 Å². The van der Waals surface area contributed by atoms with Gasteiger partial charge in [0.05, 0.1) is 0 Å². The molecule has 0 amide bonds. The van der Waals surface area contributed by atoms with Gasteiger partial charge in [-0.3, -0.25) is 0 Å². The minimum Gasteiger partial charge on any atom is -0.103 e. The van der Waals surface area contributed by atoms with E-state index in [2.05, 4.69) is 72.9 Å². The molecule has 0 saturated carbocycles. The third-order valence-electron chi connectivity index (χ3n) is 5.07. The SMILES string of the molecule is C=C[C@H](C)CC[C@H](C/C=C(\C)CCC=C(C)C)C(=C)CCCC(C)C. The molecule has 0 aliphatic carbocycles. The maximum absolute atomic E-state index is 4.45. The van der Waals surface area contributed by atoms with Gasteiger partial charge in [-0.1, -0.05) is 68.7 Å². The van der Waals surface area contributed by atoms with Gasteiger partial charge in [0, 0.05) is 0 Å². The smallest absolute Gasteiger partial charge is 0.0171 e. The van der Waals surface area contributed by atoms with Crippen LogP contribution >= 0.6 is 0 Å². The van der Waals surface area contributed by atoms with Crippen LogP contribution in [0.4, 0.5) is 0 Å². The summed E-state index contributed by atoms with van der Waals surface area (Å²) in [4.78, 5) is 0. The molecular weight excluding hydrogens is 300 g/mol. The van der Waals surface area contributed by atoms with E-state index in [1.807, 2.05) is 0 Å². The molecule has 0 spiro atoms. The van der Waals surface area contributed by atoms with Crippen LogP contribution in [0.15, 0.2) is 48.1 Å². The van der Waals surface area contributed by atoms with Crippen molar-refractivity contribution < 1.29 is 0 Å². The lowest BCUT2D eigenvalue weighted by Crippen LogP contribution is -2.06. The zero-order chi connectivity index (χ0) is 19.2. The standard InChI is InChI=1S/C25H44/c1-9-22(6)16-18-25(24(8)15-11-13-21(4)5)19-17-23(7)14-10-12-20(2)3/h9,12,17,21-22,25H,1,8,10-11,13-16,18-19H2,2-7H3/b23-17+/t22-,25+/m0/s1. The van der Waals surface area contributed by atoms with Crippen molar-refractivity contribution >= 4 is 0 Å². The van der Waals surface area contributed by atoms with E-state index in [9.17, 15) is 0 Å². The van der Waals surface area contributed by atoms with E-state index in [4.69, 9.17) is 0 Å². The van der Waals surface area contributed by atoms with Gasteiger partial charge in [-0.2, -0.15) is 0 Å². The van der Waals surface area contributed by atoms with Crippen LogP contribution < -0.4 is 0 Å². The zero-order valence-electron chi connectivity index (χ0n) is 18.0. The quantitative estimate of drug-likeness (QED) is 0.276. The van der Waals surface area contributed by atoms with Gasteiger partial charge in [0.25, 0.3) is 0 Å². The Hall–Kier alpha value is -1.04. The van der Waals surface area contributed by atoms with Crippen molar-refractivity contribution in [2.24, 2.45) is 17.8 Å².